The molecule has 0 fully saturated rings. The van der Waals surface area contributed by atoms with Crippen LogP contribution in [-0.2, 0) is 6.54 Å². The fraction of sp³-hybridized carbons (Fsp3) is 0.200. The van der Waals surface area contributed by atoms with Crippen molar-refractivity contribution in [1.82, 2.24) is 9.78 Å². The molecule has 0 aliphatic carbocycles. The molecule has 1 unspecified atom stereocenters. The van der Waals surface area contributed by atoms with Gasteiger partial charge in [0.2, 0.25) is 0 Å². The molecule has 9 heteroatoms. The first-order chi connectivity index (χ1) is 11.5. The summed E-state index contributed by atoms with van der Waals surface area (Å²) in [6, 6.07) is 8.57. The monoisotopic (exact) mass is 386 g/mol. The van der Waals surface area contributed by atoms with Crippen LogP contribution in [0.4, 0.5) is 0 Å². The van der Waals surface area contributed by atoms with Crippen molar-refractivity contribution in [3.63, 3.8) is 0 Å². The zero-order valence-corrected chi connectivity index (χ0v) is 14.5. The summed E-state index contributed by atoms with van der Waals surface area (Å²) >= 11 is 13.4. The van der Waals surface area contributed by atoms with Crippen molar-refractivity contribution in [1.29, 1.82) is 0 Å². The van der Waals surface area contributed by atoms with Crippen LogP contribution in [-0.4, -0.2) is 27.6 Å². The number of para-hydroxylation sites is 1. The number of ether oxygens (including phenoxy) is 1. The molecule has 24 heavy (non-hydrogen) atoms. The minimum absolute atomic E-state index is 0.0736. The number of halogens is 2. The van der Waals surface area contributed by atoms with Gasteiger partial charge in [-0.15, -0.1) is 16.4 Å². The molecule has 1 atom stereocenters. The Bertz CT molecular complexity index is 856. The average molecular weight is 387 g/mol. The predicted molar refractivity (Wildman–Crippen MR) is 92.0 cm³/mol. The van der Waals surface area contributed by atoms with E-state index < -0.39 is 11.9 Å². The normalized spacial score (nSPS) is 12.3. The Kier molecular flexibility index (Phi) is 5.25. The van der Waals surface area contributed by atoms with Gasteiger partial charge in [0, 0.05) is 0 Å². The Labute approximate surface area is 150 Å². The molecule has 0 bridgehead atoms. The van der Waals surface area contributed by atoms with Crippen molar-refractivity contribution in [3.8, 4) is 16.5 Å². The molecule has 2 aromatic heterocycles. The second-order valence-corrected chi connectivity index (χ2v) is 6.61. The van der Waals surface area contributed by atoms with E-state index in [-0.39, 0.29) is 24.8 Å². The highest BCUT2D eigenvalue weighted by molar-refractivity contribution is 7.13. The summed E-state index contributed by atoms with van der Waals surface area (Å²) in [4.78, 5) is 12.5. The number of aromatic nitrogens is 2. The topological polar surface area (TPSA) is 77.5 Å². The fourth-order valence-corrected chi connectivity index (χ4v) is 3.12. The van der Waals surface area contributed by atoms with Gasteiger partial charge >= 0.3 is 5.76 Å². The lowest BCUT2D eigenvalue weighted by Gasteiger charge is -2.13. The molecule has 0 spiro atoms. The van der Waals surface area contributed by atoms with Crippen LogP contribution in [0.5, 0.6) is 5.75 Å². The molecule has 0 aliphatic heterocycles. The molecule has 3 aromatic rings. The maximum absolute atomic E-state index is 11.8. The highest BCUT2D eigenvalue weighted by Crippen LogP contribution is 2.32. The van der Waals surface area contributed by atoms with Crippen LogP contribution in [0, 0.1) is 0 Å². The molecular formula is C15H12Cl2N2O4S. The van der Waals surface area contributed by atoms with E-state index in [0.29, 0.717) is 10.0 Å². The highest BCUT2D eigenvalue weighted by Gasteiger charge is 2.16. The third-order valence-electron chi connectivity index (χ3n) is 3.06. The Balaban J connectivity index is 1.65. The van der Waals surface area contributed by atoms with E-state index in [4.69, 9.17) is 32.4 Å². The smallest absolute Gasteiger partial charge is 0.437 e. The maximum atomic E-state index is 11.8. The third-order valence-corrected chi connectivity index (χ3v) is 4.51. The number of hydrogen-bond donors (Lipinski definition) is 1. The van der Waals surface area contributed by atoms with Crippen molar-refractivity contribution in [2.45, 2.75) is 12.6 Å². The largest absolute Gasteiger partial charge is 0.488 e. The van der Waals surface area contributed by atoms with E-state index in [1.807, 2.05) is 11.4 Å². The molecule has 0 radical (unpaired) electrons. The third kappa shape index (κ3) is 3.81. The van der Waals surface area contributed by atoms with E-state index in [2.05, 4.69) is 5.10 Å². The average Bonchev–Trinajstić information content (AvgIpc) is 3.17. The van der Waals surface area contributed by atoms with Gasteiger partial charge in [-0.05, 0) is 23.6 Å². The number of aliphatic hydroxyl groups excluding tert-OH is 1. The van der Waals surface area contributed by atoms with Gasteiger partial charge in [0.15, 0.2) is 5.75 Å². The van der Waals surface area contributed by atoms with E-state index in [9.17, 15) is 9.90 Å². The van der Waals surface area contributed by atoms with Crippen LogP contribution >= 0.6 is 34.5 Å². The van der Waals surface area contributed by atoms with E-state index in [1.54, 1.807) is 24.3 Å². The Morgan fingerprint density at radius 2 is 2.04 bits per heavy atom. The summed E-state index contributed by atoms with van der Waals surface area (Å²) < 4.78 is 11.6. The standard InChI is InChI=1S/C15H12Cl2N2O4S/c16-10-3-1-4-11(17)13(10)22-8-9(20)7-19-15(21)23-14(18-19)12-5-2-6-24-12/h1-6,9,20H,7-8H2. The van der Waals surface area contributed by atoms with Crippen LogP contribution in [0.3, 0.4) is 0 Å². The van der Waals surface area contributed by atoms with Gasteiger partial charge in [-0.2, -0.15) is 4.68 Å². The quantitative estimate of drug-likeness (QED) is 0.702. The molecular weight excluding hydrogens is 375 g/mol. The number of benzene rings is 1. The lowest BCUT2D eigenvalue weighted by atomic mass is 10.3. The number of aliphatic hydroxyl groups is 1. The van der Waals surface area contributed by atoms with Crippen molar-refractivity contribution in [2.75, 3.05) is 6.61 Å². The molecule has 0 saturated carbocycles. The van der Waals surface area contributed by atoms with E-state index >= 15 is 0 Å². The molecule has 0 amide bonds. The molecule has 6 nitrogen and oxygen atoms in total. The lowest BCUT2D eigenvalue weighted by molar-refractivity contribution is 0.0876. The molecule has 126 valence electrons. The highest BCUT2D eigenvalue weighted by atomic mass is 35.5. The van der Waals surface area contributed by atoms with Crippen LogP contribution in [0.1, 0.15) is 0 Å². The molecule has 0 saturated heterocycles. The van der Waals surface area contributed by atoms with E-state index in [1.165, 1.54) is 11.3 Å². The number of rotatable bonds is 6. The van der Waals surface area contributed by atoms with Crippen molar-refractivity contribution in [2.24, 2.45) is 0 Å². The van der Waals surface area contributed by atoms with Gasteiger partial charge in [0.25, 0.3) is 5.89 Å². The summed E-state index contributed by atoms with van der Waals surface area (Å²) in [6.07, 6.45) is -0.990. The van der Waals surface area contributed by atoms with Gasteiger partial charge in [0.1, 0.15) is 12.7 Å². The van der Waals surface area contributed by atoms with Crippen LogP contribution in [0.2, 0.25) is 10.0 Å². The first-order valence-corrected chi connectivity index (χ1v) is 8.55. The lowest BCUT2D eigenvalue weighted by Crippen LogP contribution is -2.29. The van der Waals surface area contributed by atoms with Crippen molar-refractivity contribution >= 4 is 34.5 Å². The van der Waals surface area contributed by atoms with Crippen molar-refractivity contribution in [3.05, 3.63) is 56.3 Å². The summed E-state index contributed by atoms with van der Waals surface area (Å²) in [5.74, 6) is -0.142. The molecule has 1 aromatic carbocycles. The second kappa shape index (κ2) is 7.40. The maximum Gasteiger partial charge on any atom is 0.437 e. The van der Waals surface area contributed by atoms with E-state index in [0.717, 1.165) is 9.56 Å². The van der Waals surface area contributed by atoms with Gasteiger partial charge in [0.05, 0.1) is 21.5 Å². The zero-order chi connectivity index (χ0) is 17.1. The SMILES string of the molecule is O=c1oc(-c2cccs2)nn1CC(O)COc1c(Cl)cccc1Cl. The second-order valence-electron chi connectivity index (χ2n) is 4.85. The number of hydrogen-bond acceptors (Lipinski definition) is 6. The zero-order valence-electron chi connectivity index (χ0n) is 12.2. The van der Waals surface area contributed by atoms with Gasteiger partial charge in [-0.1, -0.05) is 35.3 Å². The fourth-order valence-electron chi connectivity index (χ4n) is 1.97. The molecule has 3 rings (SSSR count). The molecule has 0 aliphatic rings. The summed E-state index contributed by atoms with van der Waals surface area (Å²) in [7, 11) is 0. The molecule has 2 heterocycles. The van der Waals surface area contributed by atoms with Gasteiger partial charge < -0.3 is 14.3 Å². The predicted octanol–water partition coefficient (Wildman–Crippen LogP) is 3.31. The van der Waals surface area contributed by atoms with Crippen LogP contribution in [0.15, 0.2) is 44.9 Å². The first-order valence-electron chi connectivity index (χ1n) is 6.91. The summed E-state index contributed by atoms with van der Waals surface area (Å²) in [5, 5.41) is 16.7. The van der Waals surface area contributed by atoms with Crippen LogP contribution in [0.25, 0.3) is 10.8 Å². The number of nitrogens with zero attached hydrogens (tertiary/aromatic N) is 2. The summed E-state index contributed by atoms with van der Waals surface area (Å²) in [5.41, 5.74) is 0. The Morgan fingerprint density at radius 1 is 1.29 bits per heavy atom. The van der Waals surface area contributed by atoms with Gasteiger partial charge in [-0.25, -0.2) is 4.79 Å². The number of thiophene rings is 1. The van der Waals surface area contributed by atoms with Crippen LogP contribution < -0.4 is 10.5 Å². The van der Waals surface area contributed by atoms with Crippen molar-refractivity contribution < 1.29 is 14.3 Å². The van der Waals surface area contributed by atoms with Gasteiger partial charge in [-0.3, -0.25) is 0 Å². The Morgan fingerprint density at radius 3 is 2.71 bits per heavy atom. The Hall–Kier alpha value is -1.80. The summed E-state index contributed by atoms with van der Waals surface area (Å²) in [6.45, 7) is -0.174. The minimum atomic E-state index is -0.990. The minimum Gasteiger partial charge on any atom is -0.488 e. The first kappa shape index (κ1) is 17.0. The molecule has 1 N–H and O–H groups in total.